The molecule has 0 radical (unpaired) electrons. The van der Waals surface area contributed by atoms with E-state index in [1.165, 1.54) is 6.92 Å². The van der Waals surface area contributed by atoms with Gasteiger partial charge in [-0.1, -0.05) is 30.3 Å². The zero-order valence-corrected chi connectivity index (χ0v) is 17.3. The van der Waals surface area contributed by atoms with Crippen LogP contribution >= 0.6 is 0 Å². The zero-order valence-electron chi connectivity index (χ0n) is 17.3. The molecule has 0 bridgehead atoms. The maximum atomic E-state index is 13.2. The molecule has 32 heavy (non-hydrogen) atoms. The van der Waals surface area contributed by atoms with Crippen molar-refractivity contribution in [1.29, 1.82) is 0 Å². The Bertz CT molecular complexity index is 929. The van der Waals surface area contributed by atoms with Gasteiger partial charge in [0.25, 0.3) is 0 Å². The van der Waals surface area contributed by atoms with Gasteiger partial charge in [-0.15, -0.1) is 0 Å². The number of benzene rings is 2. The number of urea groups is 1. The molecule has 1 N–H and O–H groups in total. The van der Waals surface area contributed by atoms with E-state index in [1.54, 1.807) is 42.2 Å². The highest BCUT2D eigenvalue weighted by atomic mass is 19.4. The van der Waals surface area contributed by atoms with E-state index in [0.717, 1.165) is 5.56 Å². The molecule has 10 heteroatoms. The van der Waals surface area contributed by atoms with Crippen LogP contribution in [0.2, 0.25) is 0 Å². The van der Waals surface area contributed by atoms with Crippen molar-refractivity contribution in [1.82, 2.24) is 10.2 Å². The van der Waals surface area contributed by atoms with Gasteiger partial charge in [-0.2, -0.15) is 26.3 Å². The average Bonchev–Trinajstić information content (AvgIpc) is 3.08. The van der Waals surface area contributed by atoms with Gasteiger partial charge in [-0.05, 0) is 43.2 Å². The monoisotopic (exact) mass is 460 g/mol. The first-order chi connectivity index (χ1) is 14.9. The topological polar surface area (TPSA) is 41.6 Å². The molecular weight excluding hydrogens is 438 g/mol. The molecule has 1 aliphatic heterocycles. The zero-order chi connectivity index (χ0) is 23.7. The first kappa shape index (κ1) is 23.9. The second kappa shape index (κ2) is 8.65. The van der Waals surface area contributed by atoms with Crippen molar-refractivity contribution in [3.63, 3.8) is 0 Å². The lowest BCUT2D eigenvalue weighted by molar-refractivity contribution is -0.143. The highest BCUT2D eigenvalue weighted by Crippen LogP contribution is 2.38. The summed E-state index contributed by atoms with van der Waals surface area (Å²) in [6.45, 7) is 3.71. The van der Waals surface area contributed by atoms with Gasteiger partial charge in [0.1, 0.15) is 5.54 Å². The molecule has 174 valence electrons. The summed E-state index contributed by atoms with van der Waals surface area (Å²) in [6.07, 6.45) is -11.0. The van der Waals surface area contributed by atoms with E-state index in [9.17, 15) is 31.1 Å². The van der Waals surface area contributed by atoms with E-state index in [1.807, 2.05) is 0 Å². The predicted octanol–water partition coefficient (Wildman–Crippen LogP) is 5.74. The molecule has 1 saturated heterocycles. The van der Waals surface area contributed by atoms with Crippen molar-refractivity contribution in [2.45, 2.75) is 37.8 Å². The lowest BCUT2D eigenvalue weighted by Gasteiger charge is -2.31. The number of hydrogen-bond acceptors (Lipinski definition) is 2. The van der Waals surface area contributed by atoms with Crippen molar-refractivity contribution in [3.05, 3.63) is 70.8 Å². The summed E-state index contributed by atoms with van der Waals surface area (Å²) in [7, 11) is 0. The standard InChI is InChI=1S/C22H22F6N2O2/c1-3-30-12-20(29-19(30)31,16-7-5-4-6-8-16)13-32-14(2)15-9-17(21(23,24)25)11-18(10-15)22(26,27)28/h4-11,14H,3,12-13H2,1-2H3,(H,29,31)/t14-,20-/m1/s1. The van der Waals surface area contributed by atoms with Crippen LogP contribution in [0.15, 0.2) is 48.5 Å². The van der Waals surface area contributed by atoms with Gasteiger partial charge in [-0.3, -0.25) is 0 Å². The Hall–Kier alpha value is -2.75. The second-order valence-electron chi connectivity index (χ2n) is 7.68. The summed E-state index contributed by atoms with van der Waals surface area (Å²) in [5, 5.41) is 2.86. The summed E-state index contributed by atoms with van der Waals surface area (Å²) in [5.41, 5.74) is -3.33. The minimum Gasteiger partial charge on any atom is -0.371 e. The third-order valence-electron chi connectivity index (χ3n) is 5.46. The first-order valence-corrected chi connectivity index (χ1v) is 9.89. The highest BCUT2D eigenvalue weighted by Gasteiger charge is 2.44. The van der Waals surface area contributed by atoms with Crippen LogP contribution < -0.4 is 5.32 Å². The van der Waals surface area contributed by atoms with Crippen LogP contribution in [0.3, 0.4) is 0 Å². The smallest absolute Gasteiger partial charge is 0.371 e. The summed E-state index contributed by atoms with van der Waals surface area (Å²) < 4.78 is 84.8. The molecule has 0 aromatic heterocycles. The van der Waals surface area contributed by atoms with E-state index >= 15 is 0 Å². The van der Waals surface area contributed by atoms with Crippen LogP contribution in [0.4, 0.5) is 31.1 Å². The number of amides is 2. The van der Waals surface area contributed by atoms with Gasteiger partial charge in [0.05, 0.1) is 30.4 Å². The number of hydrogen-bond donors (Lipinski definition) is 1. The van der Waals surface area contributed by atoms with Crippen molar-refractivity contribution in [3.8, 4) is 0 Å². The lowest BCUT2D eigenvalue weighted by atomic mass is 9.91. The minimum absolute atomic E-state index is 0.0813. The number of halogens is 6. The molecule has 2 aromatic rings. The Kier molecular flexibility index (Phi) is 6.46. The Morgan fingerprint density at radius 3 is 2.06 bits per heavy atom. The average molecular weight is 460 g/mol. The van der Waals surface area contributed by atoms with Crippen molar-refractivity contribution in [2.24, 2.45) is 0 Å². The molecule has 1 heterocycles. The summed E-state index contributed by atoms with van der Waals surface area (Å²) in [6, 6.07) is 9.94. The van der Waals surface area contributed by atoms with E-state index < -0.39 is 35.1 Å². The first-order valence-electron chi connectivity index (χ1n) is 9.89. The van der Waals surface area contributed by atoms with Crippen LogP contribution in [0.25, 0.3) is 0 Å². The van der Waals surface area contributed by atoms with Crippen molar-refractivity contribution in [2.75, 3.05) is 19.7 Å². The molecule has 3 rings (SSSR count). The van der Waals surface area contributed by atoms with E-state index in [2.05, 4.69) is 5.32 Å². The van der Waals surface area contributed by atoms with Gasteiger partial charge in [0.2, 0.25) is 0 Å². The summed E-state index contributed by atoms with van der Waals surface area (Å²) in [5.74, 6) is 0. The Labute approximate surface area is 181 Å². The van der Waals surface area contributed by atoms with Crippen LogP contribution in [0.1, 0.15) is 42.2 Å². The van der Waals surface area contributed by atoms with Gasteiger partial charge in [-0.25, -0.2) is 4.79 Å². The summed E-state index contributed by atoms with van der Waals surface area (Å²) >= 11 is 0. The van der Waals surface area contributed by atoms with Crippen molar-refractivity contribution >= 4 is 6.03 Å². The number of likely N-dealkylation sites (N-methyl/N-ethyl adjacent to an activating group) is 1. The number of ether oxygens (including phenoxy) is 1. The van der Waals surface area contributed by atoms with Crippen LogP contribution in [0, 0.1) is 0 Å². The van der Waals surface area contributed by atoms with E-state index in [-0.39, 0.29) is 30.8 Å². The van der Waals surface area contributed by atoms with Crippen LogP contribution in [-0.2, 0) is 22.6 Å². The fourth-order valence-corrected chi connectivity index (χ4v) is 3.64. The fourth-order valence-electron chi connectivity index (χ4n) is 3.64. The molecule has 2 aromatic carbocycles. The number of rotatable bonds is 6. The van der Waals surface area contributed by atoms with Gasteiger partial charge >= 0.3 is 18.4 Å². The van der Waals surface area contributed by atoms with Gasteiger partial charge in [0, 0.05) is 6.54 Å². The molecule has 0 spiro atoms. The molecule has 2 atom stereocenters. The van der Waals surface area contributed by atoms with Crippen molar-refractivity contribution < 1.29 is 35.9 Å². The third kappa shape index (κ3) is 5.01. The summed E-state index contributed by atoms with van der Waals surface area (Å²) in [4.78, 5) is 13.9. The molecule has 2 amide bonds. The molecule has 0 unspecified atom stereocenters. The number of carbonyl (C=O) groups excluding carboxylic acids is 1. The maximum Gasteiger partial charge on any atom is 0.416 e. The molecular formula is C22H22F6N2O2. The molecule has 4 nitrogen and oxygen atoms in total. The largest absolute Gasteiger partial charge is 0.416 e. The van der Waals surface area contributed by atoms with Crippen LogP contribution in [-0.4, -0.2) is 30.6 Å². The SMILES string of the molecule is CCN1C[C@@](CO[C@H](C)c2cc(C(F)(F)F)cc(C(F)(F)F)c2)(c2ccccc2)NC1=O. The second-order valence-corrected chi connectivity index (χ2v) is 7.68. The normalized spacial score (nSPS) is 20.4. The van der Waals surface area contributed by atoms with Gasteiger partial charge in [0.15, 0.2) is 0 Å². The van der Waals surface area contributed by atoms with Gasteiger partial charge < -0.3 is 15.0 Å². The predicted molar refractivity (Wildman–Crippen MR) is 105 cm³/mol. The molecule has 1 fully saturated rings. The molecule has 0 aliphatic carbocycles. The third-order valence-corrected chi connectivity index (χ3v) is 5.46. The number of nitrogens with zero attached hydrogens (tertiary/aromatic N) is 1. The molecule has 1 aliphatic rings. The maximum absolute atomic E-state index is 13.2. The number of carbonyl (C=O) groups is 1. The van der Waals surface area contributed by atoms with E-state index in [0.29, 0.717) is 18.7 Å². The number of alkyl halides is 6. The number of nitrogens with one attached hydrogen (secondary N) is 1. The Morgan fingerprint density at radius 2 is 1.59 bits per heavy atom. The minimum atomic E-state index is -4.94. The Balaban J connectivity index is 1.90. The quantitative estimate of drug-likeness (QED) is 0.559. The van der Waals surface area contributed by atoms with Crippen LogP contribution in [0.5, 0.6) is 0 Å². The molecule has 0 saturated carbocycles. The van der Waals surface area contributed by atoms with E-state index in [4.69, 9.17) is 4.74 Å². The Morgan fingerprint density at radius 1 is 1.03 bits per heavy atom. The highest BCUT2D eigenvalue weighted by molar-refractivity contribution is 5.78. The lowest BCUT2D eigenvalue weighted by Crippen LogP contribution is -2.45. The fraction of sp³-hybridized carbons (Fsp3) is 0.409.